The molecule has 1 aromatic carbocycles. The van der Waals surface area contributed by atoms with E-state index in [0.717, 1.165) is 4.90 Å². The molecular formula is C12H12Cl2F3NOS. The summed E-state index contributed by atoms with van der Waals surface area (Å²) in [5.41, 5.74) is 0.0490. The van der Waals surface area contributed by atoms with Crippen molar-refractivity contribution in [1.82, 2.24) is 4.90 Å². The van der Waals surface area contributed by atoms with Gasteiger partial charge in [-0.05, 0) is 24.5 Å². The van der Waals surface area contributed by atoms with E-state index in [2.05, 4.69) is 0 Å². The van der Waals surface area contributed by atoms with Gasteiger partial charge in [-0.2, -0.15) is 13.2 Å². The number of halogens is 5. The highest BCUT2D eigenvalue weighted by Gasteiger charge is 2.33. The van der Waals surface area contributed by atoms with Crippen molar-refractivity contribution in [3.05, 3.63) is 28.8 Å². The molecule has 0 aliphatic carbocycles. The minimum Gasteiger partial charge on any atom is -0.328 e. The lowest BCUT2D eigenvalue weighted by atomic mass is 10.2. The molecule has 8 heteroatoms. The van der Waals surface area contributed by atoms with Gasteiger partial charge in [0.1, 0.15) is 6.54 Å². The number of hydrogen-bond acceptors (Lipinski definition) is 2. The topological polar surface area (TPSA) is 20.3 Å². The standard InChI is InChI=1S/C12H12Cl2F3NOS/c1-20-8-2-3-10(14)9(6-8)11(19)18(5-4-13)7-12(15,16)17/h2-3,6H,4-5,7H2,1H3. The van der Waals surface area contributed by atoms with E-state index in [0.29, 0.717) is 4.90 Å². The highest BCUT2D eigenvalue weighted by Crippen LogP contribution is 2.25. The van der Waals surface area contributed by atoms with Crippen LogP contribution in [0.3, 0.4) is 0 Å². The van der Waals surface area contributed by atoms with Crippen LogP contribution in [0.25, 0.3) is 0 Å². The van der Waals surface area contributed by atoms with Crippen LogP contribution in [0, 0.1) is 0 Å². The lowest BCUT2D eigenvalue weighted by molar-refractivity contribution is -0.140. The molecule has 0 heterocycles. The quantitative estimate of drug-likeness (QED) is 0.585. The predicted molar refractivity (Wildman–Crippen MR) is 75.9 cm³/mol. The van der Waals surface area contributed by atoms with Gasteiger partial charge in [-0.1, -0.05) is 11.6 Å². The molecule has 2 nitrogen and oxygen atoms in total. The highest BCUT2D eigenvalue weighted by molar-refractivity contribution is 7.98. The zero-order valence-electron chi connectivity index (χ0n) is 10.5. The molecule has 0 aromatic heterocycles. The van der Waals surface area contributed by atoms with Crippen LogP contribution in [0.15, 0.2) is 23.1 Å². The van der Waals surface area contributed by atoms with E-state index < -0.39 is 18.6 Å². The van der Waals surface area contributed by atoms with E-state index in [4.69, 9.17) is 23.2 Å². The molecular weight excluding hydrogens is 334 g/mol. The van der Waals surface area contributed by atoms with Gasteiger partial charge in [-0.15, -0.1) is 23.4 Å². The van der Waals surface area contributed by atoms with Gasteiger partial charge in [0.15, 0.2) is 0 Å². The van der Waals surface area contributed by atoms with Gasteiger partial charge in [0.2, 0.25) is 0 Å². The zero-order chi connectivity index (χ0) is 15.3. The van der Waals surface area contributed by atoms with Crippen molar-refractivity contribution in [2.45, 2.75) is 11.1 Å². The molecule has 1 rings (SSSR count). The Morgan fingerprint density at radius 1 is 1.40 bits per heavy atom. The molecule has 0 radical (unpaired) electrons. The SMILES string of the molecule is CSc1ccc(Cl)c(C(=O)N(CCCl)CC(F)(F)F)c1. The van der Waals surface area contributed by atoms with Crippen molar-refractivity contribution in [3.63, 3.8) is 0 Å². The average molecular weight is 346 g/mol. The van der Waals surface area contributed by atoms with Gasteiger partial charge in [0, 0.05) is 17.3 Å². The van der Waals surface area contributed by atoms with E-state index in [-0.39, 0.29) is 23.0 Å². The molecule has 0 aliphatic heterocycles. The monoisotopic (exact) mass is 345 g/mol. The maximum atomic E-state index is 12.5. The number of amides is 1. The molecule has 1 aromatic rings. The number of benzene rings is 1. The van der Waals surface area contributed by atoms with Gasteiger partial charge in [0.25, 0.3) is 5.91 Å². The third-order valence-corrected chi connectivity index (χ3v) is 3.64. The summed E-state index contributed by atoms with van der Waals surface area (Å²) in [6.07, 6.45) is -2.69. The van der Waals surface area contributed by atoms with Crippen LogP contribution in [-0.2, 0) is 0 Å². The van der Waals surface area contributed by atoms with Gasteiger partial charge >= 0.3 is 6.18 Å². The maximum Gasteiger partial charge on any atom is 0.406 e. The van der Waals surface area contributed by atoms with Crippen molar-refractivity contribution < 1.29 is 18.0 Å². The smallest absolute Gasteiger partial charge is 0.328 e. The van der Waals surface area contributed by atoms with Crippen LogP contribution >= 0.6 is 35.0 Å². The molecule has 20 heavy (non-hydrogen) atoms. The fourth-order valence-electron chi connectivity index (χ4n) is 1.54. The molecule has 1 amide bonds. The maximum absolute atomic E-state index is 12.5. The van der Waals surface area contributed by atoms with Crippen molar-refractivity contribution in [2.75, 3.05) is 25.2 Å². The molecule has 0 aliphatic rings. The highest BCUT2D eigenvalue weighted by atomic mass is 35.5. The first-order chi connectivity index (χ1) is 9.28. The summed E-state index contributed by atoms with van der Waals surface area (Å²) in [6.45, 7) is -1.54. The molecule has 0 unspecified atom stereocenters. The Balaban J connectivity index is 3.05. The van der Waals surface area contributed by atoms with E-state index in [1.165, 1.54) is 23.9 Å². The lowest BCUT2D eigenvalue weighted by Gasteiger charge is -2.23. The number of thioether (sulfide) groups is 1. The second kappa shape index (κ2) is 7.43. The first-order valence-corrected chi connectivity index (χ1v) is 7.67. The minimum atomic E-state index is -4.48. The summed E-state index contributed by atoms with van der Waals surface area (Å²) in [4.78, 5) is 13.6. The van der Waals surface area contributed by atoms with Crippen LogP contribution in [0.2, 0.25) is 5.02 Å². The Kier molecular flexibility index (Phi) is 6.48. The van der Waals surface area contributed by atoms with Crippen LogP contribution in [0.1, 0.15) is 10.4 Å². The van der Waals surface area contributed by atoms with Gasteiger partial charge in [-0.3, -0.25) is 4.79 Å². The number of carbonyl (C=O) groups excluding carboxylic acids is 1. The van der Waals surface area contributed by atoms with Gasteiger partial charge in [-0.25, -0.2) is 0 Å². The fourth-order valence-corrected chi connectivity index (χ4v) is 2.38. The second-order valence-corrected chi connectivity index (χ2v) is 5.54. The molecule has 0 spiro atoms. The number of rotatable bonds is 5. The predicted octanol–water partition coefficient (Wildman–Crippen LogP) is 4.31. The first kappa shape index (κ1) is 17.5. The Labute approximate surface area is 129 Å². The van der Waals surface area contributed by atoms with E-state index in [1.807, 2.05) is 0 Å². The minimum absolute atomic E-state index is 0.0490. The van der Waals surface area contributed by atoms with Crippen molar-refractivity contribution in [1.29, 1.82) is 0 Å². The third-order valence-electron chi connectivity index (χ3n) is 2.42. The van der Waals surface area contributed by atoms with Gasteiger partial charge < -0.3 is 4.90 Å². The van der Waals surface area contributed by atoms with E-state index in [9.17, 15) is 18.0 Å². The van der Waals surface area contributed by atoms with Crippen LogP contribution in [0.4, 0.5) is 13.2 Å². The summed E-state index contributed by atoms with van der Waals surface area (Å²) in [7, 11) is 0. The normalized spacial score (nSPS) is 11.5. The Bertz CT molecular complexity index is 482. The van der Waals surface area contributed by atoms with Crippen molar-refractivity contribution >= 4 is 40.9 Å². The van der Waals surface area contributed by atoms with Gasteiger partial charge in [0.05, 0.1) is 10.6 Å². The van der Waals surface area contributed by atoms with Crippen LogP contribution in [-0.4, -0.2) is 42.2 Å². The van der Waals surface area contributed by atoms with Crippen LogP contribution < -0.4 is 0 Å². The fraction of sp³-hybridized carbons (Fsp3) is 0.417. The number of carbonyl (C=O) groups is 1. The van der Waals surface area contributed by atoms with Crippen molar-refractivity contribution in [3.8, 4) is 0 Å². The molecule has 0 bridgehead atoms. The van der Waals surface area contributed by atoms with Crippen LogP contribution in [0.5, 0.6) is 0 Å². The number of alkyl halides is 4. The number of hydrogen-bond donors (Lipinski definition) is 0. The summed E-state index contributed by atoms with van der Waals surface area (Å²) in [5, 5.41) is 0.120. The average Bonchev–Trinajstić information content (AvgIpc) is 2.36. The Morgan fingerprint density at radius 3 is 2.55 bits per heavy atom. The molecule has 0 saturated heterocycles. The molecule has 0 N–H and O–H groups in total. The zero-order valence-corrected chi connectivity index (χ0v) is 12.8. The second-order valence-electron chi connectivity index (χ2n) is 3.88. The Morgan fingerprint density at radius 2 is 2.05 bits per heavy atom. The summed E-state index contributed by atoms with van der Waals surface area (Å²) >= 11 is 12.7. The lowest BCUT2D eigenvalue weighted by Crippen LogP contribution is -2.40. The summed E-state index contributed by atoms with van der Waals surface area (Å²) in [6, 6.07) is 4.67. The first-order valence-electron chi connectivity index (χ1n) is 5.54. The van der Waals surface area contributed by atoms with E-state index in [1.54, 1.807) is 12.3 Å². The third kappa shape index (κ3) is 5.07. The Hall–Kier alpha value is -0.590. The largest absolute Gasteiger partial charge is 0.406 e. The molecule has 112 valence electrons. The number of nitrogens with zero attached hydrogens (tertiary/aromatic N) is 1. The molecule has 0 atom stereocenters. The van der Waals surface area contributed by atoms with E-state index >= 15 is 0 Å². The van der Waals surface area contributed by atoms with Crippen molar-refractivity contribution in [2.24, 2.45) is 0 Å². The summed E-state index contributed by atoms with van der Waals surface area (Å²) < 4.78 is 37.4. The molecule has 0 saturated carbocycles. The molecule has 0 fully saturated rings. The summed E-state index contributed by atoms with van der Waals surface area (Å²) in [5.74, 6) is -0.856.